The third-order valence-electron chi connectivity index (χ3n) is 2.47. The van der Waals surface area contributed by atoms with Gasteiger partial charge in [0.1, 0.15) is 0 Å². The molecule has 0 atom stereocenters. The van der Waals surface area contributed by atoms with E-state index in [2.05, 4.69) is 42.2 Å². The average molecular weight is 400 g/mol. The molecule has 2 N–H and O–H groups in total. The lowest BCUT2D eigenvalue weighted by Crippen LogP contribution is -2.15. The van der Waals surface area contributed by atoms with E-state index in [9.17, 15) is 14.7 Å². The number of amides is 1. The minimum absolute atomic E-state index is 0.00587. The molecule has 1 aromatic carbocycles. The molecule has 0 unspecified atom stereocenters. The number of hydrogen-bond acceptors (Lipinski definition) is 3. The number of carbonyl (C=O) groups is 2. The van der Waals surface area contributed by atoms with Crippen molar-refractivity contribution in [3.63, 3.8) is 0 Å². The summed E-state index contributed by atoms with van der Waals surface area (Å²) in [4.78, 5) is 27.1. The highest BCUT2D eigenvalue weighted by Crippen LogP contribution is 2.31. The van der Waals surface area contributed by atoms with Crippen molar-refractivity contribution in [1.82, 2.24) is 4.98 Å². The van der Waals surface area contributed by atoms with Crippen LogP contribution in [-0.2, 0) is 0 Å². The second kappa shape index (κ2) is 6.15. The Morgan fingerprint density at radius 2 is 1.80 bits per heavy atom. The van der Waals surface area contributed by atoms with Gasteiger partial charge in [-0.25, -0.2) is 4.79 Å². The minimum Gasteiger partial charge on any atom is -0.478 e. The van der Waals surface area contributed by atoms with Crippen LogP contribution in [0.1, 0.15) is 20.7 Å². The van der Waals surface area contributed by atoms with Gasteiger partial charge < -0.3 is 10.4 Å². The maximum Gasteiger partial charge on any atom is 0.337 e. The Morgan fingerprint density at radius 3 is 2.40 bits per heavy atom. The molecule has 102 valence electrons. The standard InChI is InChI=1S/C13H8Br2N2O3/c14-8-5-9(13(19)20)11(10(15)6-8)17-12(18)7-1-3-16-4-2-7/h1-6H,(H,17,18)(H,19,20). The zero-order valence-corrected chi connectivity index (χ0v) is 13.1. The summed E-state index contributed by atoms with van der Waals surface area (Å²) < 4.78 is 1.08. The number of nitrogens with one attached hydrogen (secondary N) is 1. The Hall–Kier alpha value is -1.73. The van der Waals surface area contributed by atoms with Crippen LogP contribution in [0.15, 0.2) is 45.6 Å². The first kappa shape index (κ1) is 14.7. The number of aromatic nitrogens is 1. The number of carbonyl (C=O) groups excluding carboxylic acids is 1. The summed E-state index contributed by atoms with van der Waals surface area (Å²) in [7, 11) is 0. The fourth-order valence-electron chi connectivity index (χ4n) is 1.56. The van der Waals surface area contributed by atoms with Crippen LogP contribution in [0.3, 0.4) is 0 Å². The van der Waals surface area contributed by atoms with Gasteiger partial charge in [0.25, 0.3) is 5.91 Å². The molecule has 0 aliphatic rings. The fraction of sp³-hybridized carbons (Fsp3) is 0. The highest BCUT2D eigenvalue weighted by atomic mass is 79.9. The zero-order chi connectivity index (χ0) is 14.7. The van der Waals surface area contributed by atoms with Gasteiger partial charge in [0, 0.05) is 26.9 Å². The Kier molecular flexibility index (Phi) is 4.51. The Bertz CT molecular complexity index is 675. The number of carboxylic acid groups (broad SMARTS) is 1. The van der Waals surface area contributed by atoms with Crippen LogP contribution in [-0.4, -0.2) is 22.0 Å². The van der Waals surface area contributed by atoms with Crippen molar-refractivity contribution in [2.45, 2.75) is 0 Å². The van der Waals surface area contributed by atoms with Gasteiger partial charge in [0.05, 0.1) is 11.3 Å². The van der Waals surface area contributed by atoms with Crippen molar-refractivity contribution in [3.8, 4) is 0 Å². The van der Waals surface area contributed by atoms with E-state index in [0.29, 0.717) is 14.5 Å². The number of rotatable bonds is 3. The highest BCUT2D eigenvalue weighted by Gasteiger charge is 2.17. The molecule has 20 heavy (non-hydrogen) atoms. The van der Waals surface area contributed by atoms with Crippen molar-refractivity contribution in [1.29, 1.82) is 0 Å². The van der Waals surface area contributed by atoms with Crippen molar-refractivity contribution in [3.05, 3.63) is 56.7 Å². The van der Waals surface area contributed by atoms with E-state index in [-0.39, 0.29) is 11.3 Å². The van der Waals surface area contributed by atoms with E-state index < -0.39 is 11.9 Å². The highest BCUT2D eigenvalue weighted by molar-refractivity contribution is 9.11. The van der Waals surface area contributed by atoms with E-state index in [1.165, 1.54) is 18.5 Å². The predicted octanol–water partition coefficient (Wildman–Crippen LogP) is 3.56. The Labute approximate surface area is 131 Å². The van der Waals surface area contributed by atoms with E-state index in [4.69, 9.17) is 0 Å². The first-order valence-electron chi connectivity index (χ1n) is 5.42. The van der Waals surface area contributed by atoms with Gasteiger partial charge in [-0.15, -0.1) is 0 Å². The van der Waals surface area contributed by atoms with Crippen molar-refractivity contribution in [2.24, 2.45) is 0 Å². The summed E-state index contributed by atoms with van der Waals surface area (Å²) in [5, 5.41) is 11.8. The van der Waals surface area contributed by atoms with E-state index in [0.717, 1.165) is 0 Å². The summed E-state index contributed by atoms with van der Waals surface area (Å²) >= 11 is 6.46. The Morgan fingerprint density at radius 1 is 1.15 bits per heavy atom. The molecule has 0 saturated heterocycles. The molecule has 2 rings (SSSR count). The first-order valence-corrected chi connectivity index (χ1v) is 7.01. The van der Waals surface area contributed by atoms with Crippen LogP contribution < -0.4 is 5.32 Å². The molecule has 1 heterocycles. The number of halogens is 2. The third kappa shape index (κ3) is 3.23. The smallest absolute Gasteiger partial charge is 0.337 e. The van der Waals surface area contributed by atoms with Crippen LogP contribution in [0.5, 0.6) is 0 Å². The summed E-state index contributed by atoms with van der Waals surface area (Å²) in [6.07, 6.45) is 2.98. The average Bonchev–Trinajstić information content (AvgIpc) is 2.42. The van der Waals surface area contributed by atoms with Gasteiger partial charge in [-0.1, -0.05) is 15.9 Å². The van der Waals surface area contributed by atoms with Crippen LogP contribution in [0, 0.1) is 0 Å². The van der Waals surface area contributed by atoms with Crippen molar-refractivity contribution < 1.29 is 14.7 Å². The maximum absolute atomic E-state index is 12.1. The predicted molar refractivity (Wildman–Crippen MR) is 81.0 cm³/mol. The Balaban J connectivity index is 2.39. The fourth-order valence-corrected chi connectivity index (χ4v) is 2.88. The van der Waals surface area contributed by atoms with Crippen LogP contribution in [0.4, 0.5) is 5.69 Å². The number of hydrogen-bond donors (Lipinski definition) is 2. The van der Waals surface area contributed by atoms with E-state index in [1.807, 2.05) is 0 Å². The lowest BCUT2D eigenvalue weighted by atomic mass is 10.1. The normalized spacial score (nSPS) is 10.1. The number of aromatic carboxylic acids is 1. The molecule has 7 heteroatoms. The van der Waals surface area contributed by atoms with Crippen molar-refractivity contribution in [2.75, 3.05) is 5.32 Å². The molecule has 1 aromatic heterocycles. The van der Waals surface area contributed by atoms with Gasteiger partial charge in [0.2, 0.25) is 0 Å². The SMILES string of the molecule is O=C(Nc1c(Br)cc(Br)cc1C(=O)O)c1ccncc1. The number of carboxylic acids is 1. The van der Waals surface area contributed by atoms with Gasteiger partial charge in [-0.3, -0.25) is 9.78 Å². The summed E-state index contributed by atoms with van der Waals surface area (Å²) in [5.41, 5.74) is 0.599. The molecule has 0 spiro atoms. The topological polar surface area (TPSA) is 79.3 Å². The quantitative estimate of drug-likeness (QED) is 0.826. The van der Waals surface area contributed by atoms with Crippen LogP contribution in [0.2, 0.25) is 0 Å². The third-order valence-corrected chi connectivity index (χ3v) is 3.55. The first-order chi connectivity index (χ1) is 9.49. The number of benzene rings is 1. The molecule has 0 aliphatic heterocycles. The van der Waals surface area contributed by atoms with Crippen LogP contribution >= 0.6 is 31.9 Å². The van der Waals surface area contributed by atoms with E-state index in [1.54, 1.807) is 18.2 Å². The molecule has 0 radical (unpaired) electrons. The number of nitrogens with zero attached hydrogens (tertiary/aromatic N) is 1. The van der Waals surface area contributed by atoms with Gasteiger partial charge in [-0.05, 0) is 40.2 Å². The molecular formula is C13H8Br2N2O3. The number of anilines is 1. The van der Waals surface area contributed by atoms with Gasteiger partial charge >= 0.3 is 5.97 Å². The van der Waals surface area contributed by atoms with E-state index >= 15 is 0 Å². The maximum atomic E-state index is 12.1. The molecule has 0 aliphatic carbocycles. The zero-order valence-electron chi connectivity index (χ0n) is 9.93. The second-order valence-electron chi connectivity index (χ2n) is 3.81. The molecular weight excluding hydrogens is 392 g/mol. The molecule has 2 aromatic rings. The largest absolute Gasteiger partial charge is 0.478 e. The minimum atomic E-state index is -1.13. The lowest BCUT2D eigenvalue weighted by Gasteiger charge is -2.11. The summed E-state index contributed by atoms with van der Waals surface area (Å²) in [5.74, 6) is -1.53. The second-order valence-corrected chi connectivity index (χ2v) is 5.58. The number of pyridine rings is 1. The summed E-state index contributed by atoms with van der Waals surface area (Å²) in [6, 6.07) is 6.18. The van der Waals surface area contributed by atoms with Gasteiger partial charge in [-0.2, -0.15) is 0 Å². The van der Waals surface area contributed by atoms with Crippen molar-refractivity contribution >= 4 is 49.4 Å². The molecule has 0 fully saturated rings. The molecule has 5 nitrogen and oxygen atoms in total. The van der Waals surface area contributed by atoms with Gasteiger partial charge in [0.15, 0.2) is 0 Å². The van der Waals surface area contributed by atoms with Crippen LogP contribution in [0.25, 0.3) is 0 Å². The molecule has 0 bridgehead atoms. The lowest BCUT2D eigenvalue weighted by molar-refractivity contribution is 0.0698. The molecule has 1 amide bonds. The summed E-state index contributed by atoms with van der Waals surface area (Å²) in [6.45, 7) is 0. The monoisotopic (exact) mass is 398 g/mol. The molecule has 0 saturated carbocycles.